The molecule has 2 rings (SSSR count). The quantitative estimate of drug-likeness (QED) is 0.839. The number of rotatable bonds is 3. The highest BCUT2D eigenvalue weighted by atomic mass is 32.1. The summed E-state index contributed by atoms with van der Waals surface area (Å²) in [6.45, 7) is 2.10. The molecule has 2 aromatic heterocycles. The molecule has 0 aliphatic heterocycles. The molecule has 74 valence electrons. The van der Waals surface area contributed by atoms with Crippen molar-refractivity contribution in [2.75, 3.05) is 5.32 Å². The lowest BCUT2D eigenvalue weighted by molar-refractivity contribution is 0.761. The summed E-state index contributed by atoms with van der Waals surface area (Å²) in [7, 11) is 1.91. The highest BCUT2D eigenvalue weighted by molar-refractivity contribution is 7.09. The van der Waals surface area contributed by atoms with Gasteiger partial charge in [-0.3, -0.25) is 9.67 Å². The Hall–Kier alpha value is -1.36. The summed E-state index contributed by atoms with van der Waals surface area (Å²) in [5.74, 6) is 0.897. The summed E-state index contributed by atoms with van der Waals surface area (Å²) in [5, 5.41) is 7.55. The van der Waals surface area contributed by atoms with Crippen molar-refractivity contribution >= 4 is 17.2 Å². The fourth-order valence-electron chi connectivity index (χ4n) is 1.22. The Bertz CT molecular complexity index is 393. The van der Waals surface area contributed by atoms with E-state index in [9.17, 15) is 0 Å². The zero-order valence-electron chi connectivity index (χ0n) is 8.14. The Balaban J connectivity index is 2.05. The van der Waals surface area contributed by atoms with Crippen molar-refractivity contribution < 1.29 is 0 Å². The lowest BCUT2D eigenvalue weighted by Gasteiger charge is -2.09. The van der Waals surface area contributed by atoms with Crippen molar-refractivity contribution in [3.8, 4) is 0 Å². The van der Waals surface area contributed by atoms with Crippen molar-refractivity contribution in [2.24, 2.45) is 7.05 Å². The number of anilines is 1. The number of aromatic nitrogens is 3. The molecule has 2 aromatic rings. The highest BCUT2D eigenvalue weighted by Crippen LogP contribution is 2.20. The first kappa shape index (κ1) is 9.21. The second-order valence-electron chi connectivity index (χ2n) is 3.14. The predicted octanol–water partition coefficient (Wildman–Crippen LogP) is 2.05. The van der Waals surface area contributed by atoms with Crippen LogP contribution in [-0.2, 0) is 7.05 Å². The van der Waals surface area contributed by atoms with Gasteiger partial charge >= 0.3 is 0 Å². The normalized spacial score (nSPS) is 12.7. The van der Waals surface area contributed by atoms with Gasteiger partial charge in [-0.1, -0.05) is 0 Å². The molecule has 1 atom stereocenters. The molecule has 0 aliphatic rings. The second-order valence-corrected chi connectivity index (χ2v) is 4.06. The van der Waals surface area contributed by atoms with E-state index < -0.39 is 0 Å². The Kier molecular flexibility index (Phi) is 2.49. The van der Waals surface area contributed by atoms with Crippen LogP contribution in [0.15, 0.2) is 24.0 Å². The third-order valence-corrected chi connectivity index (χ3v) is 2.91. The van der Waals surface area contributed by atoms with Crippen LogP contribution in [0.3, 0.4) is 0 Å². The van der Waals surface area contributed by atoms with Gasteiger partial charge in [-0.15, -0.1) is 11.3 Å². The van der Waals surface area contributed by atoms with Gasteiger partial charge in [0.25, 0.3) is 0 Å². The molecule has 0 radical (unpaired) electrons. The van der Waals surface area contributed by atoms with E-state index in [1.54, 1.807) is 16.0 Å². The highest BCUT2D eigenvalue weighted by Gasteiger charge is 2.07. The fourth-order valence-corrected chi connectivity index (χ4v) is 1.85. The maximum atomic E-state index is 4.25. The monoisotopic (exact) mass is 208 g/mol. The molecule has 14 heavy (non-hydrogen) atoms. The van der Waals surface area contributed by atoms with Crippen molar-refractivity contribution in [1.82, 2.24) is 14.8 Å². The zero-order chi connectivity index (χ0) is 9.97. The molecule has 0 aromatic carbocycles. The van der Waals surface area contributed by atoms with E-state index in [1.165, 1.54) is 4.88 Å². The van der Waals surface area contributed by atoms with E-state index in [0.29, 0.717) is 0 Å². The third-order valence-electron chi connectivity index (χ3n) is 1.96. The second kappa shape index (κ2) is 3.79. The van der Waals surface area contributed by atoms with E-state index in [2.05, 4.69) is 22.3 Å². The summed E-state index contributed by atoms with van der Waals surface area (Å²) >= 11 is 1.65. The molecule has 0 fully saturated rings. The van der Waals surface area contributed by atoms with Crippen LogP contribution in [0.2, 0.25) is 0 Å². The molecule has 0 bridgehead atoms. The molecule has 4 nitrogen and oxygen atoms in total. The number of aryl methyl sites for hydroxylation is 1. The molecule has 2 heterocycles. The molecule has 0 saturated carbocycles. The van der Waals surface area contributed by atoms with Crippen LogP contribution in [0.5, 0.6) is 0 Å². The van der Waals surface area contributed by atoms with Crippen LogP contribution in [0, 0.1) is 0 Å². The van der Waals surface area contributed by atoms with E-state index >= 15 is 0 Å². The standard InChI is InChI=1S/C9H12N4S/c1-7(8-5-10-6-14-8)11-9-3-4-13(2)12-9/h3-7H,1-2H3,(H,11,12). The maximum Gasteiger partial charge on any atom is 0.148 e. The SMILES string of the molecule is CC(Nc1ccn(C)n1)c1cncs1. The van der Waals surface area contributed by atoms with Gasteiger partial charge in [0.15, 0.2) is 0 Å². The van der Waals surface area contributed by atoms with E-state index in [-0.39, 0.29) is 6.04 Å². The molecule has 0 saturated heterocycles. The Morgan fingerprint density at radius 3 is 3.00 bits per heavy atom. The maximum absolute atomic E-state index is 4.25. The topological polar surface area (TPSA) is 42.7 Å². The summed E-state index contributed by atoms with van der Waals surface area (Å²) in [4.78, 5) is 5.26. The molecule has 1 unspecified atom stereocenters. The van der Waals surface area contributed by atoms with Crippen LogP contribution in [0.25, 0.3) is 0 Å². The van der Waals surface area contributed by atoms with Gasteiger partial charge in [-0.25, -0.2) is 0 Å². The average molecular weight is 208 g/mol. The van der Waals surface area contributed by atoms with E-state index in [4.69, 9.17) is 0 Å². The summed E-state index contributed by atoms with van der Waals surface area (Å²) in [6.07, 6.45) is 3.80. The van der Waals surface area contributed by atoms with E-state index in [0.717, 1.165) is 5.82 Å². The van der Waals surface area contributed by atoms with Crippen LogP contribution in [0.4, 0.5) is 5.82 Å². The largest absolute Gasteiger partial charge is 0.361 e. The van der Waals surface area contributed by atoms with Gasteiger partial charge in [0, 0.05) is 30.4 Å². The number of hydrogen-bond donors (Lipinski definition) is 1. The number of hydrogen-bond acceptors (Lipinski definition) is 4. The van der Waals surface area contributed by atoms with Crippen molar-refractivity contribution in [3.05, 3.63) is 28.8 Å². The van der Waals surface area contributed by atoms with Crippen LogP contribution in [0.1, 0.15) is 17.8 Å². The fraction of sp³-hybridized carbons (Fsp3) is 0.333. The van der Waals surface area contributed by atoms with Crippen LogP contribution >= 0.6 is 11.3 Å². The molecular formula is C9H12N4S. The van der Waals surface area contributed by atoms with Gasteiger partial charge < -0.3 is 5.32 Å². The van der Waals surface area contributed by atoms with Gasteiger partial charge in [0.1, 0.15) is 5.82 Å². The smallest absolute Gasteiger partial charge is 0.148 e. The first-order valence-corrected chi connectivity index (χ1v) is 5.28. The number of nitrogens with zero attached hydrogens (tertiary/aromatic N) is 3. The molecule has 0 amide bonds. The minimum absolute atomic E-state index is 0.261. The Labute approximate surface area is 86.6 Å². The van der Waals surface area contributed by atoms with Gasteiger partial charge in [0.05, 0.1) is 11.6 Å². The van der Waals surface area contributed by atoms with Crippen molar-refractivity contribution in [3.63, 3.8) is 0 Å². The minimum atomic E-state index is 0.261. The first-order chi connectivity index (χ1) is 6.75. The lowest BCUT2D eigenvalue weighted by Crippen LogP contribution is -2.05. The molecule has 5 heteroatoms. The number of thiazole rings is 1. The van der Waals surface area contributed by atoms with Gasteiger partial charge in [0.2, 0.25) is 0 Å². The summed E-state index contributed by atoms with van der Waals surface area (Å²) in [6, 6.07) is 2.22. The Morgan fingerprint density at radius 1 is 1.57 bits per heavy atom. The molecular weight excluding hydrogens is 196 g/mol. The third kappa shape index (κ3) is 1.93. The first-order valence-electron chi connectivity index (χ1n) is 4.40. The van der Waals surface area contributed by atoms with Gasteiger partial charge in [-0.05, 0) is 6.92 Å². The number of nitrogens with one attached hydrogen (secondary N) is 1. The van der Waals surface area contributed by atoms with E-state index in [1.807, 2.05) is 31.0 Å². The zero-order valence-corrected chi connectivity index (χ0v) is 8.95. The molecule has 0 aliphatic carbocycles. The summed E-state index contributed by atoms with van der Waals surface area (Å²) in [5.41, 5.74) is 1.84. The lowest BCUT2D eigenvalue weighted by atomic mass is 10.3. The average Bonchev–Trinajstić information content (AvgIpc) is 2.75. The predicted molar refractivity (Wildman–Crippen MR) is 57.4 cm³/mol. The molecule has 0 spiro atoms. The minimum Gasteiger partial charge on any atom is -0.361 e. The van der Waals surface area contributed by atoms with Crippen LogP contribution in [-0.4, -0.2) is 14.8 Å². The van der Waals surface area contributed by atoms with Crippen LogP contribution < -0.4 is 5.32 Å². The van der Waals surface area contributed by atoms with Crippen molar-refractivity contribution in [2.45, 2.75) is 13.0 Å². The molecule has 1 N–H and O–H groups in total. The van der Waals surface area contributed by atoms with Crippen molar-refractivity contribution in [1.29, 1.82) is 0 Å². The Morgan fingerprint density at radius 2 is 2.43 bits per heavy atom. The summed E-state index contributed by atoms with van der Waals surface area (Å²) < 4.78 is 1.78. The van der Waals surface area contributed by atoms with Gasteiger partial charge in [-0.2, -0.15) is 5.10 Å².